The number of benzene rings is 3. The van der Waals surface area contributed by atoms with Crippen molar-refractivity contribution in [2.45, 2.75) is 19.1 Å². The quantitative estimate of drug-likeness (QED) is 0.324. The van der Waals surface area contributed by atoms with Crippen LogP contribution in [-0.4, -0.2) is 61.4 Å². The lowest BCUT2D eigenvalue weighted by atomic mass is 10.1. The topological polar surface area (TPSA) is 111 Å². The van der Waals surface area contributed by atoms with Crippen molar-refractivity contribution in [1.29, 1.82) is 0 Å². The molecular weight excluding hydrogens is 488 g/mol. The van der Waals surface area contributed by atoms with Crippen molar-refractivity contribution in [3.63, 3.8) is 0 Å². The van der Waals surface area contributed by atoms with Crippen LogP contribution in [0, 0.1) is 0 Å². The SMILES string of the molecule is COc1cccc(C(=O)COC(=O)c2ccc(NC(=O)CC3OCCN(Cc4ccccc4)C3=O)cc2)c1. The Kier molecular flexibility index (Phi) is 8.84. The number of hydrogen-bond acceptors (Lipinski definition) is 7. The van der Waals surface area contributed by atoms with E-state index in [0.29, 0.717) is 36.7 Å². The number of carbonyl (C=O) groups is 4. The number of hydrogen-bond donors (Lipinski definition) is 1. The highest BCUT2D eigenvalue weighted by Gasteiger charge is 2.31. The number of anilines is 1. The molecule has 1 aliphatic heterocycles. The van der Waals surface area contributed by atoms with E-state index in [1.165, 1.54) is 19.2 Å². The monoisotopic (exact) mass is 516 g/mol. The summed E-state index contributed by atoms with van der Waals surface area (Å²) in [7, 11) is 1.50. The van der Waals surface area contributed by atoms with E-state index < -0.39 is 18.7 Å². The van der Waals surface area contributed by atoms with E-state index in [-0.39, 0.29) is 29.6 Å². The number of Topliss-reactive ketones (excluding diaryl/α,β-unsaturated/α-hetero) is 1. The van der Waals surface area contributed by atoms with Gasteiger partial charge in [0.15, 0.2) is 12.4 Å². The number of rotatable bonds is 10. The zero-order valence-electron chi connectivity index (χ0n) is 20.9. The highest BCUT2D eigenvalue weighted by atomic mass is 16.5. The lowest BCUT2D eigenvalue weighted by molar-refractivity contribution is -0.155. The van der Waals surface area contributed by atoms with Crippen LogP contribution in [0.5, 0.6) is 5.75 Å². The Hall–Kier alpha value is -4.50. The number of morpholine rings is 1. The maximum atomic E-state index is 12.8. The Morgan fingerprint density at radius 2 is 1.74 bits per heavy atom. The van der Waals surface area contributed by atoms with E-state index in [1.807, 2.05) is 30.3 Å². The van der Waals surface area contributed by atoms with Gasteiger partial charge in [0.1, 0.15) is 11.9 Å². The summed E-state index contributed by atoms with van der Waals surface area (Å²) in [6, 6.07) is 22.3. The van der Waals surface area contributed by atoms with Crippen LogP contribution >= 0.6 is 0 Å². The molecule has 4 rings (SSSR count). The van der Waals surface area contributed by atoms with Crippen LogP contribution in [0.15, 0.2) is 78.9 Å². The Morgan fingerprint density at radius 1 is 0.974 bits per heavy atom. The molecule has 1 atom stereocenters. The molecule has 9 heteroatoms. The van der Waals surface area contributed by atoms with Crippen LogP contribution in [0.3, 0.4) is 0 Å². The van der Waals surface area contributed by atoms with Gasteiger partial charge in [-0.05, 0) is 42.0 Å². The highest BCUT2D eigenvalue weighted by molar-refractivity contribution is 6.00. The van der Waals surface area contributed by atoms with Crippen molar-refractivity contribution in [1.82, 2.24) is 4.90 Å². The van der Waals surface area contributed by atoms with Crippen molar-refractivity contribution < 1.29 is 33.4 Å². The van der Waals surface area contributed by atoms with Gasteiger partial charge in [0.05, 0.1) is 25.7 Å². The molecule has 9 nitrogen and oxygen atoms in total. The van der Waals surface area contributed by atoms with E-state index in [0.717, 1.165) is 5.56 Å². The van der Waals surface area contributed by atoms with Crippen LogP contribution in [0.1, 0.15) is 32.7 Å². The first kappa shape index (κ1) is 26.6. The average Bonchev–Trinajstić information content (AvgIpc) is 2.94. The second-order valence-electron chi connectivity index (χ2n) is 8.67. The summed E-state index contributed by atoms with van der Waals surface area (Å²) in [5.41, 5.74) is 2.06. The molecule has 1 fully saturated rings. The molecule has 0 saturated carbocycles. The number of ether oxygens (including phenoxy) is 3. The number of methoxy groups -OCH3 is 1. The smallest absolute Gasteiger partial charge is 0.338 e. The van der Waals surface area contributed by atoms with Gasteiger partial charge in [-0.2, -0.15) is 0 Å². The predicted octanol–water partition coefficient (Wildman–Crippen LogP) is 3.49. The highest BCUT2D eigenvalue weighted by Crippen LogP contribution is 2.17. The number of ketones is 1. The molecular formula is C29H28N2O7. The van der Waals surface area contributed by atoms with Crippen molar-refractivity contribution in [3.8, 4) is 5.75 Å². The first-order chi connectivity index (χ1) is 18.4. The summed E-state index contributed by atoms with van der Waals surface area (Å²) in [5, 5.41) is 2.72. The number of nitrogens with zero attached hydrogens (tertiary/aromatic N) is 1. The minimum absolute atomic E-state index is 0.125. The van der Waals surface area contributed by atoms with Crippen LogP contribution in [0.25, 0.3) is 0 Å². The van der Waals surface area contributed by atoms with Crippen molar-refractivity contribution in [2.24, 2.45) is 0 Å². The predicted molar refractivity (Wildman–Crippen MR) is 139 cm³/mol. The first-order valence-corrected chi connectivity index (χ1v) is 12.1. The Labute approximate surface area is 220 Å². The molecule has 1 heterocycles. The van der Waals surface area contributed by atoms with Crippen molar-refractivity contribution in [3.05, 3.63) is 95.6 Å². The largest absolute Gasteiger partial charge is 0.497 e. The number of esters is 1. The van der Waals surface area contributed by atoms with Gasteiger partial charge >= 0.3 is 5.97 Å². The van der Waals surface area contributed by atoms with E-state index in [1.54, 1.807) is 41.3 Å². The van der Waals surface area contributed by atoms with Crippen LogP contribution in [0.2, 0.25) is 0 Å². The normalized spacial score (nSPS) is 15.0. The maximum absolute atomic E-state index is 12.8. The van der Waals surface area contributed by atoms with Gasteiger partial charge in [-0.15, -0.1) is 0 Å². The van der Waals surface area contributed by atoms with Crippen LogP contribution < -0.4 is 10.1 Å². The Balaban J connectivity index is 1.25. The first-order valence-electron chi connectivity index (χ1n) is 12.1. The van der Waals surface area contributed by atoms with Crippen molar-refractivity contribution in [2.75, 3.05) is 32.2 Å². The molecule has 2 amide bonds. The van der Waals surface area contributed by atoms with Gasteiger partial charge in [0.2, 0.25) is 5.91 Å². The third kappa shape index (κ3) is 7.04. The Bertz CT molecular complexity index is 1290. The van der Waals surface area contributed by atoms with Crippen LogP contribution in [-0.2, 0) is 25.6 Å². The molecule has 3 aromatic carbocycles. The summed E-state index contributed by atoms with van der Waals surface area (Å²) in [6.45, 7) is 0.868. The molecule has 1 unspecified atom stereocenters. The molecule has 0 radical (unpaired) electrons. The van der Waals surface area contributed by atoms with E-state index in [9.17, 15) is 19.2 Å². The van der Waals surface area contributed by atoms with Crippen LogP contribution in [0.4, 0.5) is 5.69 Å². The molecule has 0 spiro atoms. The lowest BCUT2D eigenvalue weighted by Gasteiger charge is -2.32. The molecule has 0 bridgehead atoms. The molecule has 0 aliphatic carbocycles. The van der Waals surface area contributed by atoms with Gasteiger partial charge in [-0.25, -0.2) is 4.79 Å². The average molecular weight is 517 g/mol. The molecule has 1 saturated heterocycles. The third-order valence-electron chi connectivity index (χ3n) is 5.98. The van der Waals surface area contributed by atoms with E-state index in [4.69, 9.17) is 14.2 Å². The molecule has 0 aromatic heterocycles. The zero-order valence-corrected chi connectivity index (χ0v) is 20.9. The van der Waals surface area contributed by atoms with Crippen molar-refractivity contribution >= 4 is 29.3 Å². The molecule has 1 N–H and O–H groups in total. The second-order valence-corrected chi connectivity index (χ2v) is 8.67. The minimum Gasteiger partial charge on any atom is -0.497 e. The maximum Gasteiger partial charge on any atom is 0.338 e. The summed E-state index contributed by atoms with van der Waals surface area (Å²) in [5.74, 6) is -1.11. The fraction of sp³-hybridized carbons (Fsp3) is 0.241. The third-order valence-corrected chi connectivity index (χ3v) is 5.98. The summed E-state index contributed by atoms with van der Waals surface area (Å²) in [4.78, 5) is 51.7. The number of carbonyl (C=O) groups excluding carboxylic acids is 4. The standard InChI is InChI=1S/C29H28N2O7/c1-36-24-9-5-8-22(16-24)25(32)19-38-29(35)21-10-12-23(13-11-21)30-27(33)17-26-28(34)31(14-15-37-26)18-20-6-3-2-4-7-20/h2-13,16,26H,14-15,17-19H2,1H3,(H,30,33). The van der Waals surface area contributed by atoms with E-state index >= 15 is 0 Å². The molecule has 1 aliphatic rings. The van der Waals surface area contributed by atoms with Gasteiger partial charge in [0, 0.05) is 24.3 Å². The van der Waals surface area contributed by atoms with Gasteiger partial charge in [0.25, 0.3) is 5.91 Å². The minimum atomic E-state index is -0.858. The van der Waals surface area contributed by atoms with Gasteiger partial charge < -0.3 is 24.4 Å². The van der Waals surface area contributed by atoms with Gasteiger partial charge in [-0.3, -0.25) is 14.4 Å². The molecule has 3 aromatic rings. The number of nitrogens with one attached hydrogen (secondary N) is 1. The zero-order chi connectivity index (χ0) is 26.9. The summed E-state index contributed by atoms with van der Waals surface area (Å²) < 4.78 is 15.8. The lowest BCUT2D eigenvalue weighted by Crippen LogP contribution is -2.48. The number of amides is 2. The van der Waals surface area contributed by atoms with E-state index in [2.05, 4.69) is 5.32 Å². The fourth-order valence-corrected chi connectivity index (χ4v) is 3.96. The molecule has 196 valence electrons. The second kappa shape index (κ2) is 12.6. The summed E-state index contributed by atoms with van der Waals surface area (Å²) >= 11 is 0. The molecule has 38 heavy (non-hydrogen) atoms. The summed E-state index contributed by atoms with van der Waals surface area (Å²) in [6.07, 6.45) is -0.982. The Morgan fingerprint density at radius 3 is 2.47 bits per heavy atom. The fourth-order valence-electron chi connectivity index (χ4n) is 3.96. The van der Waals surface area contributed by atoms with Gasteiger partial charge in [-0.1, -0.05) is 42.5 Å².